The van der Waals surface area contributed by atoms with Crippen molar-refractivity contribution in [3.8, 4) is 5.75 Å². The second-order valence-electron chi connectivity index (χ2n) is 8.58. The van der Waals surface area contributed by atoms with Crippen LogP contribution in [0.5, 0.6) is 5.75 Å². The fraction of sp³-hybridized carbons (Fsp3) is 0.545. The molecule has 2 atom stereocenters. The maximum absolute atomic E-state index is 13.3. The lowest BCUT2D eigenvalue weighted by Gasteiger charge is -2.51. The van der Waals surface area contributed by atoms with Crippen LogP contribution < -0.4 is 9.64 Å². The molecule has 0 spiro atoms. The predicted molar refractivity (Wildman–Crippen MR) is 116 cm³/mol. The third-order valence-corrected chi connectivity index (χ3v) is 12.2. The number of carbonyl (C=O) groups excluding carboxylic acids is 1. The average Bonchev–Trinajstić information content (AvgIpc) is 3.19. The number of β-lactam (4-membered cyclic amide) rings is 1. The van der Waals surface area contributed by atoms with Gasteiger partial charge in [-0.05, 0) is 40.9 Å². The molecule has 0 bridgehead atoms. The Balaban J connectivity index is 1.97. The number of methoxy groups -OCH3 is 1. The molecule has 2 heterocycles. The fourth-order valence-corrected chi connectivity index (χ4v) is 10.3. The maximum atomic E-state index is 13.3. The number of hydrogen-bond acceptors (Lipinski definition) is 5. The SMILES string of the molecule is COc1ccc(N2C(=O)[C@H](O[Si](C(C)C)(C(C)C)C(C)C)[C@@H]2c2ncco2)cc1. The van der Waals surface area contributed by atoms with Crippen LogP contribution in [-0.2, 0) is 9.22 Å². The van der Waals surface area contributed by atoms with E-state index in [9.17, 15) is 4.79 Å². The molecule has 1 fully saturated rings. The van der Waals surface area contributed by atoms with Gasteiger partial charge in [0, 0.05) is 5.69 Å². The third kappa shape index (κ3) is 3.62. The van der Waals surface area contributed by atoms with Crippen molar-refractivity contribution in [3.05, 3.63) is 42.6 Å². The van der Waals surface area contributed by atoms with Gasteiger partial charge in [-0.2, -0.15) is 0 Å². The molecule has 0 N–H and O–H groups in total. The van der Waals surface area contributed by atoms with E-state index in [0.717, 1.165) is 11.4 Å². The Kier molecular flexibility index (Phi) is 6.19. The summed E-state index contributed by atoms with van der Waals surface area (Å²) in [7, 11) is -0.616. The Morgan fingerprint density at radius 2 is 1.62 bits per heavy atom. The summed E-state index contributed by atoms with van der Waals surface area (Å²) in [6.07, 6.45) is 2.58. The number of ether oxygens (including phenoxy) is 1. The topological polar surface area (TPSA) is 64.8 Å². The van der Waals surface area contributed by atoms with E-state index in [1.54, 1.807) is 24.5 Å². The minimum absolute atomic E-state index is 0.0443. The highest BCUT2D eigenvalue weighted by atomic mass is 28.4. The van der Waals surface area contributed by atoms with E-state index >= 15 is 0 Å². The van der Waals surface area contributed by atoms with Gasteiger partial charge >= 0.3 is 0 Å². The summed E-state index contributed by atoms with van der Waals surface area (Å²) in [5, 5.41) is 0. The molecule has 1 aliphatic rings. The number of hydrogen-bond donors (Lipinski definition) is 0. The standard InChI is InChI=1S/C22H32N2O4Si/c1-14(2)29(15(3)4,16(5)6)28-20-19(21-23-12-13-27-21)24(22(20)25)17-8-10-18(26-7)11-9-17/h8-16,19-20H,1-7H3/t19-,20-/m1/s1. The molecule has 158 valence electrons. The number of oxazole rings is 1. The molecule has 3 rings (SSSR count). The van der Waals surface area contributed by atoms with Gasteiger partial charge in [0.25, 0.3) is 5.91 Å². The molecule has 1 aromatic carbocycles. The Hall–Kier alpha value is -2.12. The Bertz CT molecular complexity index is 796. The lowest BCUT2D eigenvalue weighted by atomic mass is 9.96. The number of benzene rings is 1. The van der Waals surface area contributed by atoms with Gasteiger partial charge in [0.2, 0.25) is 14.2 Å². The zero-order valence-corrected chi connectivity index (χ0v) is 19.4. The van der Waals surface area contributed by atoms with Crippen molar-refractivity contribution < 1.29 is 18.4 Å². The number of rotatable bonds is 8. The van der Waals surface area contributed by atoms with Crippen molar-refractivity contribution in [2.45, 2.75) is 70.3 Å². The first kappa shape index (κ1) is 21.6. The normalized spacial score (nSPS) is 19.9. The first-order valence-electron chi connectivity index (χ1n) is 10.3. The van der Waals surface area contributed by atoms with E-state index in [0.29, 0.717) is 22.5 Å². The number of amides is 1. The zero-order chi connectivity index (χ0) is 21.3. The van der Waals surface area contributed by atoms with Gasteiger partial charge in [0.05, 0.1) is 13.3 Å². The highest BCUT2D eigenvalue weighted by Crippen LogP contribution is 2.48. The van der Waals surface area contributed by atoms with E-state index in [1.165, 1.54) is 0 Å². The van der Waals surface area contributed by atoms with Crippen LogP contribution in [0.4, 0.5) is 5.69 Å². The van der Waals surface area contributed by atoms with Gasteiger partial charge in [-0.1, -0.05) is 41.5 Å². The smallest absolute Gasteiger partial charge is 0.258 e. The summed E-state index contributed by atoms with van der Waals surface area (Å²) in [5.41, 5.74) is 1.94. The first-order valence-corrected chi connectivity index (χ1v) is 12.4. The van der Waals surface area contributed by atoms with Crippen molar-refractivity contribution in [3.63, 3.8) is 0 Å². The molecule has 2 aromatic rings. The Morgan fingerprint density at radius 3 is 2.07 bits per heavy atom. The van der Waals surface area contributed by atoms with Crippen LogP contribution in [-0.4, -0.2) is 32.4 Å². The maximum Gasteiger partial charge on any atom is 0.258 e. The minimum atomic E-state index is -2.24. The first-order chi connectivity index (χ1) is 13.7. The van der Waals surface area contributed by atoms with E-state index in [4.69, 9.17) is 13.6 Å². The lowest BCUT2D eigenvalue weighted by molar-refractivity contribution is -0.136. The number of nitrogens with zero attached hydrogens (tertiary/aromatic N) is 2. The molecule has 0 unspecified atom stereocenters. The summed E-state index contributed by atoms with van der Waals surface area (Å²) < 4.78 is 17.7. The van der Waals surface area contributed by atoms with E-state index < -0.39 is 14.4 Å². The van der Waals surface area contributed by atoms with E-state index in [-0.39, 0.29) is 11.9 Å². The molecule has 1 amide bonds. The van der Waals surface area contributed by atoms with Gasteiger partial charge in [-0.25, -0.2) is 4.98 Å². The van der Waals surface area contributed by atoms with Crippen molar-refractivity contribution in [1.82, 2.24) is 4.98 Å². The zero-order valence-electron chi connectivity index (χ0n) is 18.4. The second-order valence-corrected chi connectivity index (χ2v) is 14.0. The van der Waals surface area contributed by atoms with Gasteiger partial charge in [0.15, 0.2) is 6.10 Å². The quantitative estimate of drug-likeness (QED) is 0.430. The van der Waals surface area contributed by atoms with Crippen LogP contribution >= 0.6 is 0 Å². The average molecular weight is 417 g/mol. The highest BCUT2D eigenvalue weighted by molar-refractivity contribution is 6.77. The molecule has 0 aliphatic carbocycles. The van der Waals surface area contributed by atoms with Crippen molar-refractivity contribution in [1.29, 1.82) is 0 Å². The van der Waals surface area contributed by atoms with Crippen LogP contribution in [0.2, 0.25) is 16.6 Å². The van der Waals surface area contributed by atoms with Crippen molar-refractivity contribution in [2.24, 2.45) is 0 Å². The molecule has 0 radical (unpaired) electrons. The summed E-state index contributed by atoms with van der Waals surface area (Å²) in [6, 6.07) is 7.08. The van der Waals surface area contributed by atoms with Gasteiger partial charge in [-0.15, -0.1) is 0 Å². The van der Waals surface area contributed by atoms with Gasteiger partial charge < -0.3 is 13.6 Å². The number of aromatic nitrogens is 1. The largest absolute Gasteiger partial charge is 0.497 e. The van der Waals surface area contributed by atoms with Crippen LogP contribution in [0, 0.1) is 0 Å². The highest BCUT2D eigenvalue weighted by Gasteiger charge is 2.57. The van der Waals surface area contributed by atoms with Gasteiger partial charge in [-0.3, -0.25) is 9.69 Å². The predicted octanol–water partition coefficient (Wildman–Crippen LogP) is 5.33. The van der Waals surface area contributed by atoms with E-state index in [1.807, 2.05) is 24.3 Å². The van der Waals surface area contributed by atoms with Crippen LogP contribution in [0.15, 0.2) is 41.1 Å². The Morgan fingerprint density at radius 1 is 1.03 bits per heavy atom. The molecule has 29 heavy (non-hydrogen) atoms. The molecular weight excluding hydrogens is 384 g/mol. The molecule has 1 saturated heterocycles. The summed E-state index contributed by atoms with van der Waals surface area (Å²) >= 11 is 0. The summed E-state index contributed by atoms with van der Waals surface area (Å²) in [4.78, 5) is 19.4. The summed E-state index contributed by atoms with van der Waals surface area (Å²) in [5.74, 6) is 1.20. The number of carbonyl (C=O) groups is 1. The molecule has 6 nitrogen and oxygen atoms in total. The Labute approximate surface area is 174 Å². The van der Waals surface area contributed by atoms with E-state index in [2.05, 4.69) is 46.5 Å². The molecule has 1 aromatic heterocycles. The lowest BCUT2D eigenvalue weighted by Crippen LogP contribution is -2.65. The van der Waals surface area contributed by atoms with Crippen LogP contribution in [0.1, 0.15) is 53.5 Å². The van der Waals surface area contributed by atoms with Gasteiger partial charge in [0.1, 0.15) is 18.1 Å². The monoisotopic (exact) mass is 416 g/mol. The molecule has 7 heteroatoms. The third-order valence-electron chi connectivity index (χ3n) is 6.14. The molecule has 0 saturated carbocycles. The molecule has 1 aliphatic heterocycles. The molecular formula is C22H32N2O4Si. The second kappa shape index (κ2) is 8.32. The summed E-state index contributed by atoms with van der Waals surface area (Å²) in [6.45, 7) is 13.3. The number of anilines is 1. The van der Waals surface area contributed by atoms with Crippen molar-refractivity contribution in [2.75, 3.05) is 12.0 Å². The minimum Gasteiger partial charge on any atom is -0.497 e. The van der Waals surface area contributed by atoms with Crippen LogP contribution in [0.25, 0.3) is 0 Å². The fourth-order valence-electron chi connectivity index (χ4n) is 4.86. The van der Waals surface area contributed by atoms with Crippen molar-refractivity contribution >= 4 is 19.9 Å². The van der Waals surface area contributed by atoms with Crippen LogP contribution in [0.3, 0.4) is 0 Å².